The first kappa shape index (κ1) is 11.5. The minimum absolute atomic E-state index is 0.106. The molecule has 0 bridgehead atoms. The van der Waals surface area contributed by atoms with Crippen molar-refractivity contribution in [2.45, 2.75) is 19.9 Å². The molecule has 0 saturated heterocycles. The van der Waals surface area contributed by atoms with Crippen molar-refractivity contribution in [3.05, 3.63) is 28.7 Å². The fraction of sp³-hybridized carbons (Fsp3) is 0.400. The zero-order valence-corrected chi connectivity index (χ0v) is 8.56. The van der Waals surface area contributed by atoms with Gasteiger partial charge >= 0.3 is 0 Å². The molecule has 0 aromatic carbocycles. The Hall–Kier alpha value is -1.62. The molecule has 1 aromatic heterocycles. The first-order chi connectivity index (χ1) is 7.19. The number of pyridine rings is 1. The van der Waals surface area contributed by atoms with Crippen LogP contribution in [-0.2, 0) is 11.3 Å². The van der Waals surface area contributed by atoms with Crippen molar-refractivity contribution >= 4 is 11.6 Å². The average Bonchev–Trinajstić information content (AvgIpc) is 2.24. The number of rotatable bonds is 4. The third-order valence-corrected chi connectivity index (χ3v) is 1.96. The number of anilines is 1. The Bertz CT molecular complexity index is 398. The molecule has 1 aromatic rings. The molecule has 0 fully saturated rings. The van der Waals surface area contributed by atoms with Gasteiger partial charge in [-0.3, -0.25) is 9.59 Å². The number of nitrogens with one attached hydrogen (secondary N) is 1. The molecular weight excluding hydrogens is 196 g/mol. The standard InChI is InChI=1S/C10H14N2O3/c1-2-9(14)11-8-4-3-5-12(6-7-13)10(8)15/h3-5,13H,2,6-7H2,1H3,(H,11,14). The third kappa shape index (κ3) is 2.92. The smallest absolute Gasteiger partial charge is 0.274 e. The van der Waals surface area contributed by atoms with Crippen molar-refractivity contribution in [1.82, 2.24) is 4.57 Å². The van der Waals surface area contributed by atoms with Crippen molar-refractivity contribution in [2.24, 2.45) is 0 Å². The van der Waals surface area contributed by atoms with Crippen molar-refractivity contribution < 1.29 is 9.90 Å². The number of aromatic nitrogens is 1. The molecule has 0 radical (unpaired) electrons. The van der Waals surface area contributed by atoms with Crippen LogP contribution >= 0.6 is 0 Å². The zero-order chi connectivity index (χ0) is 11.3. The van der Waals surface area contributed by atoms with Crippen LogP contribution in [0.25, 0.3) is 0 Å². The van der Waals surface area contributed by atoms with Crippen LogP contribution in [0.15, 0.2) is 23.1 Å². The monoisotopic (exact) mass is 210 g/mol. The maximum Gasteiger partial charge on any atom is 0.274 e. The van der Waals surface area contributed by atoms with Gasteiger partial charge in [0, 0.05) is 19.2 Å². The number of aliphatic hydroxyl groups is 1. The maximum atomic E-state index is 11.6. The Kier molecular flexibility index (Phi) is 4.05. The van der Waals surface area contributed by atoms with Crippen molar-refractivity contribution in [3.8, 4) is 0 Å². The van der Waals surface area contributed by atoms with Crippen LogP contribution < -0.4 is 10.9 Å². The molecule has 2 N–H and O–H groups in total. The fourth-order valence-electron chi connectivity index (χ4n) is 1.15. The molecule has 82 valence electrons. The summed E-state index contributed by atoms with van der Waals surface area (Å²) in [6, 6.07) is 3.20. The highest BCUT2D eigenvalue weighted by Crippen LogP contribution is 1.99. The van der Waals surface area contributed by atoms with Crippen LogP contribution in [0.3, 0.4) is 0 Å². The van der Waals surface area contributed by atoms with Gasteiger partial charge in [-0.1, -0.05) is 6.92 Å². The van der Waals surface area contributed by atoms with Crippen LogP contribution in [0.2, 0.25) is 0 Å². The number of hydrogen-bond donors (Lipinski definition) is 2. The van der Waals surface area contributed by atoms with Crippen LogP contribution in [0, 0.1) is 0 Å². The topological polar surface area (TPSA) is 71.3 Å². The summed E-state index contributed by atoms with van der Waals surface area (Å²) in [6.07, 6.45) is 1.90. The molecule has 0 aliphatic rings. The largest absolute Gasteiger partial charge is 0.395 e. The highest BCUT2D eigenvalue weighted by molar-refractivity contribution is 5.90. The zero-order valence-electron chi connectivity index (χ0n) is 8.56. The van der Waals surface area contributed by atoms with Gasteiger partial charge in [0.15, 0.2) is 0 Å². The summed E-state index contributed by atoms with van der Waals surface area (Å²) in [5.41, 5.74) is -0.0499. The van der Waals surface area contributed by atoms with E-state index in [9.17, 15) is 9.59 Å². The number of nitrogens with zero attached hydrogens (tertiary/aromatic N) is 1. The van der Waals surface area contributed by atoms with Gasteiger partial charge in [0.25, 0.3) is 5.56 Å². The summed E-state index contributed by atoms with van der Waals surface area (Å²) in [6.45, 7) is 1.84. The van der Waals surface area contributed by atoms with Crippen LogP contribution in [0.1, 0.15) is 13.3 Å². The van der Waals surface area contributed by atoms with Gasteiger partial charge < -0.3 is 15.0 Å². The number of aliphatic hydroxyl groups excluding tert-OH is 1. The third-order valence-electron chi connectivity index (χ3n) is 1.96. The molecule has 0 aliphatic heterocycles. The number of hydrogen-bond acceptors (Lipinski definition) is 3. The molecule has 5 nitrogen and oxygen atoms in total. The highest BCUT2D eigenvalue weighted by atomic mass is 16.3. The van der Waals surface area contributed by atoms with E-state index in [1.165, 1.54) is 4.57 Å². The van der Waals surface area contributed by atoms with E-state index in [-0.39, 0.29) is 30.3 Å². The molecule has 0 spiro atoms. The lowest BCUT2D eigenvalue weighted by Gasteiger charge is -2.06. The fourth-order valence-corrected chi connectivity index (χ4v) is 1.15. The molecule has 0 atom stereocenters. The van der Waals surface area contributed by atoms with E-state index in [1.807, 2.05) is 0 Å². The van der Waals surface area contributed by atoms with Gasteiger partial charge in [0.1, 0.15) is 5.69 Å². The van der Waals surface area contributed by atoms with Crippen LogP contribution in [-0.4, -0.2) is 22.2 Å². The van der Waals surface area contributed by atoms with E-state index in [4.69, 9.17) is 5.11 Å². The second kappa shape index (κ2) is 5.31. The number of carbonyl (C=O) groups excluding carboxylic acids is 1. The van der Waals surface area contributed by atoms with Crippen molar-refractivity contribution in [3.63, 3.8) is 0 Å². The van der Waals surface area contributed by atoms with Crippen LogP contribution in [0.4, 0.5) is 5.69 Å². The molecule has 1 rings (SSSR count). The lowest BCUT2D eigenvalue weighted by atomic mass is 10.3. The summed E-state index contributed by atoms with van der Waals surface area (Å²) in [4.78, 5) is 22.7. The Morgan fingerprint density at radius 3 is 2.93 bits per heavy atom. The predicted octanol–water partition coefficient (Wildman–Crippen LogP) is 0.189. The average molecular weight is 210 g/mol. The van der Waals surface area contributed by atoms with Gasteiger partial charge in [-0.05, 0) is 12.1 Å². The van der Waals surface area contributed by atoms with E-state index < -0.39 is 0 Å². The Morgan fingerprint density at radius 1 is 1.60 bits per heavy atom. The molecule has 0 unspecified atom stereocenters. The first-order valence-electron chi connectivity index (χ1n) is 4.79. The summed E-state index contributed by atoms with van der Waals surface area (Å²) in [5, 5.41) is 11.2. The minimum atomic E-state index is -0.298. The quantitative estimate of drug-likeness (QED) is 0.745. The van der Waals surface area contributed by atoms with Gasteiger partial charge in [-0.2, -0.15) is 0 Å². The molecule has 1 heterocycles. The van der Waals surface area contributed by atoms with E-state index in [0.717, 1.165) is 0 Å². The molecule has 0 saturated carbocycles. The Morgan fingerprint density at radius 2 is 2.33 bits per heavy atom. The lowest BCUT2D eigenvalue weighted by Crippen LogP contribution is -2.26. The highest BCUT2D eigenvalue weighted by Gasteiger charge is 2.04. The van der Waals surface area contributed by atoms with E-state index in [1.54, 1.807) is 25.3 Å². The second-order valence-electron chi connectivity index (χ2n) is 3.05. The Labute approximate surface area is 87.4 Å². The minimum Gasteiger partial charge on any atom is -0.395 e. The van der Waals surface area contributed by atoms with Crippen molar-refractivity contribution in [1.29, 1.82) is 0 Å². The second-order valence-corrected chi connectivity index (χ2v) is 3.05. The van der Waals surface area contributed by atoms with Gasteiger partial charge in [-0.15, -0.1) is 0 Å². The summed E-state index contributed by atoms with van der Waals surface area (Å²) in [5.74, 6) is -0.200. The Balaban J connectivity index is 2.94. The van der Waals surface area contributed by atoms with Gasteiger partial charge in [0.05, 0.1) is 6.61 Å². The normalized spacial score (nSPS) is 10.0. The molecule has 0 aliphatic carbocycles. The van der Waals surface area contributed by atoms with E-state index in [0.29, 0.717) is 6.42 Å². The molecule has 15 heavy (non-hydrogen) atoms. The first-order valence-corrected chi connectivity index (χ1v) is 4.79. The van der Waals surface area contributed by atoms with Crippen molar-refractivity contribution in [2.75, 3.05) is 11.9 Å². The van der Waals surface area contributed by atoms with Gasteiger partial charge in [-0.25, -0.2) is 0 Å². The van der Waals surface area contributed by atoms with E-state index in [2.05, 4.69) is 5.32 Å². The molecule has 5 heteroatoms. The molecule has 1 amide bonds. The van der Waals surface area contributed by atoms with E-state index >= 15 is 0 Å². The predicted molar refractivity (Wildman–Crippen MR) is 56.7 cm³/mol. The van der Waals surface area contributed by atoms with Gasteiger partial charge in [0.2, 0.25) is 5.91 Å². The number of amides is 1. The summed E-state index contributed by atoms with van der Waals surface area (Å²) < 4.78 is 1.35. The number of carbonyl (C=O) groups is 1. The SMILES string of the molecule is CCC(=O)Nc1cccn(CCO)c1=O. The summed E-state index contributed by atoms with van der Waals surface area (Å²) in [7, 11) is 0. The van der Waals surface area contributed by atoms with Crippen LogP contribution in [0.5, 0.6) is 0 Å². The maximum absolute atomic E-state index is 11.6. The lowest BCUT2D eigenvalue weighted by molar-refractivity contribution is -0.115. The molecular formula is C10H14N2O3. The summed E-state index contributed by atoms with van der Waals surface area (Å²) >= 11 is 0.